The number of rotatable bonds is 2. The van der Waals surface area contributed by atoms with Crippen LogP contribution in [0.3, 0.4) is 0 Å². The fourth-order valence-electron chi connectivity index (χ4n) is 3.32. The van der Waals surface area contributed by atoms with Crippen LogP contribution in [0.4, 0.5) is 0 Å². The number of hydrogen-bond acceptors (Lipinski definition) is 3. The van der Waals surface area contributed by atoms with Gasteiger partial charge in [0, 0.05) is 29.0 Å². The number of fused-ring (bicyclic) bond motifs is 6. The summed E-state index contributed by atoms with van der Waals surface area (Å²) in [7, 11) is 0. The Hall–Kier alpha value is -3.08. The van der Waals surface area contributed by atoms with E-state index in [2.05, 4.69) is 54.7 Å². The molecule has 1 aromatic carbocycles. The van der Waals surface area contributed by atoms with E-state index in [1.54, 1.807) is 0 Å². The molecule has 2 heterocycles. The van der Waals surface area contributed by atoms with Crippen LogP contribution in [0, 0.1) is 5.92 Å². The average Bonchev–Trinajstić information content (AvgIpc) is 2.87. The Kier molecular flexibility index (Phi) is 4.57. The highest BCUT2D eigenvalue weighted by atomic mass is 16.4. The molecular weight excluding hydrogens is 318 g/mol. The smallest absolute Gasteiger partial charge is 0.328 e. The molecule has 0 radical (unpaired) electrons. The van der Waals surface area contributed by atoms with Gasteiger partial charge in [-0.15, -0.1) is 0 Å². The molecule has 0 spiro atoms. The predicted molar refractivity (Wildman–Crippen MR) is 94.8 cm³/mol. The zero-order valence-corrected chi connectivity index (χ0v) is 13.8. The van der Waals surface area contributed by atoms with Gasteiger partial charge < -0.3 is 15.5 Å². The Bertz CT molecular complexity index is 829. The molecule has 3 N–H and O–H groups in total. The van der Waals surface area contributed by atoms with Crippen molar-refractivity contribution < 1.29 is 19.8 Å². The van der Waals surface area contributed by atoms with Crippen LogP contribution in [-0.2, 0) is 16.0 Å². The molecule has 2 aliphatic heterocycles. The van der Waals surface area contributed by atoms with Crippen molar-refractivity contribution in [2.45, 2.75) is 19.4 Å². The molecule has 0 amide bonds. The summed E-state index contributed by atoms with van der Waals surface area (Å²) in [6, 6.07) is 9.27. The van der Waals surface area contributed by atoms with Gasteiger partial charge in [-0.2, -0.15) is 0 Å². The second kappa shape index (κ2) is 6.81. The Morgan fingerprint density at radius 1 is 1.16 bits per heavy atom. The number of allylic oxidation sites excluding steroid dienone is 3. The van der Waals surface area contributed by atoms with Crippen molar-refractivity contribution in [2.24, 2.45) is 5.92 Å². The molecule has 25 heavy (non-hydrogen) atoms. The topological polar surface area (TPSA) is 86.6 Å². The molecule has 3 aliphatic rings. The van der Waals surface area contributed by atoms with Crippen LogP contribution in [0.2, 0.25) is 0 Å². The summed E-state index contributed by atoms with van der Waals surface area (Å²) >= 11 is 0. The zero-order valence-electron chi connectivity index (χ0n) is 13.8. The van der Waals surface area contributed by atoms with Gasteiger partial charge in [-0.25, -0.2) is 9.59 Å². The van der Waals surface area contributed by atoms with Crippen LogP contribution in [0.1, 0.15) is 18.1 Å². The number of hydrogen-bond donors (Lipinski definition) is 3. The van der Waals surface area contributed by atoms with E-state index in [-0.39, 0.29) is 0 Å². The summed E-state index contributed by atoms with van der Waals surface area (Å²) in [6.45, 7) is 2.25. The molecule has 0 fully saturated rings. The van der Waals surface area contributed by atoms with Crippen molar-refractivity contribution in [3.05, 3.63) is 76.9 Å². The standard InChI is InChI=1S/C16H15N.C4H4O4/c1-10-6-7-13-14(8-10)15-9-11-4-2-3-5-12(11)16(13)17-15;5-3(6)1-2-4(7)8/h2-8,10,15,17H,9H2,1H3;1-2H,(H,5,6)(H,7,8)/b;2-1-/t10?,15-;/m0./s1. The number of nitrogens with one attached hydrogen (secondary N) is 1. The molecule has 2 bridgehead atoms. The van der Waals surface area contributed by atoms with Gasteiger partial charge in [-0.1, -0.05) is 49.4 Å². The minimum Gasteiger partial charge on any atom is -0.478 e. The highest BCUT2D eigenvalue weighted by molar-refractivity contribution is 5.89. The number of benzene rings is 1. The third-order valence-corrected chi connectivity index (χ3v) is 4.36. The molecule has 5 heteroatoms. The molecule has 0 saturated carbocycles. The lowest BCUT2D eigenvalue weighted by Crippen LogP contribution is -2.30. The van der Waals surface area contributed by atoms with Crippen LogP contribution >= 0.6 is 0 Å². The number of aliphatic carboxylic acids is 2. The second-order valence-electron chi connectivity index (χ2n) is 6.20. The average molecular weight is 337 g/mol. The molecular formula is C20H19NO4. The van der Waals surface area contributed by atoms with E-state index < -0.39 is 11.9 Å². The summed E-state index contributed by atoms with van der Waals surface area (Å²) in [4.78, 5) is 19.1. The first kappa shape index (κ1) is 16.8. The van der Waals surface area contributed by atoms with E-state index in [0.717, 1.165) is 6.42 Å². The first-order valence-corrected chi connectivity index (χ1v) is 8.09. The SMILES string of the molecule is CC1C=CC2=C3N[C@@H](Cc4ccccc43)C2=C1.O=C(O)/C=C\C(=O)O. The van der Waals surface area contributed by atoms with Crippen LogP contribution in [0.25, 0.3) is 5.70 Å². The third-order valence-electron chi connectivity index (χ3n) is 4.36. The molecule has 5 nitrogen and oxygen atoms in total. The molecule has 2 atom stereocenters. The number of carboxylic acid groups (broad SMARTS) is 2. The Labute approximate surface area is 145 Å². The maximum absolute atomic E-state index is 9.55. The highest BCUT2D eigenvalue weighted by Crippen LogP contribution is 2.41. The maximum atomic E-state index is 9.55. The number of carbonyl (C=O) groups is 2. The van der Waals surface area contributed by atoms with Gasteiger partial charge in [0.25, 0.3) is 0 Å². The van der Waals surface area contributed by atoms with Crippen molar-refractivity contribution in [3.8, 4) is 0 Å². The van der Waals surface area contributed by atoms with Gasteiger partial charge in [0.2, 0.25) is 0 Å². The minimum atomic E-state index is -1.26. The minimum absolute atomic E-state index is 0.502. The van der Waals surface area contributed by atoms with Crippen molar-refractivity contribution in [3.63, 3.8) is 0 Å². The Morgan fingerprint density at radius 3 is 2.52 bits per heavy atom. The Balaban J connectivity index is 0.000000197. The van der Waals surface area contributed by atoms with Gasteiger partial charge in [-0.05, 0) is 23.5 Å². The number of carboxylic acids is 2. The Morgan fingerprint density at radius 2 is 1.84 bits per heavy atom. The fraction of sp³-hybridized carbons (Fsp3) is 0.200. The molecule has 1 aliphatic carbocycles. The quantitative estimate of drug-likeness (QED) is 0.723. The van der Waals surface area contributed by atoms with Gasteiger partial charge in [0.15, 0.2) is 0 Å². The summed E-state index contributed by atoms with van der Waals surface area (Å²) in [5.41, 5.74) is 7.13. The molecule has 0 saturated heterocycles. The van der Waals surface area contributed by atoms with E-state index in [9.17, 15) is 9.59 Å². The molecule has 1 aromatic rings. The lowest BCUT2D eigenvalue weighted by atomic mass is 9.90. The monoisotopic (exact) mass is 337 g/mol. The van der Waals surface area contributed by atoms with Gasteiger partial charge in [-0.3, -0.25) is 0 Å². The lowest BCUT2D eigenvalue weighted by molar-refractivity contribution is -0.134. The normalized spacial score (nSPS) is 22.4. The summed E-state index contributed by atoms with van der Waals surface area (Å²) in [5, 5.41) is 19.3. The highest BCUT2D eigenvalue weighted by Gasteiger charge is 2.34. The van der Waals surface area contributed by atoms with Crippen LogP contribution in [0.15, 0.2) is 65.8 Å². The van der Waals surface area contributed by atoms with Crippen LogP contribution < -0.4 is 5.32 Å². The second-order valence-corrected chi connectivity index (χ2v) is 6.20. The van der Waals surface area contributed by atoms with Crippen molar-refractivity contribution in [1.29, 1.82) is 0 Å². The summed E-state index contributed by atoms with van der Waals surface area (Å²) in [6.07, 6.45) is 9.23. The zero-order chi connectivity index (χ0) is 18.0. The summed E-state index contributed by atoms with van der Waals surface area (Å²) < 4.78 is 0. The van der Waals surface area contributed by atoms with E-state index in [1.165, 1.54) is 28.0 Å². The fourth-order valence-corrected chi connectivity index (χ4v) is 3.32. The van der Waals surface area contributed by atoms with E-state index in [0.29, 0.717) is 24.1 Å². The van der Waals surface area contributed by atoms with Gasteiger partial charge >= 0.3 is 11.9 Å². The van der Waals surface area contributed by atoms with E-state index in [4.69, 9.17) is 10.2 Å². The van der Waals surface area contributed by atoms with Crippen LogP contribution in [0.5, 0.6) is 0 Å². The van der Waals surface area contributed by atoms with Crippen molar-refractivity contribution in [1.82, 2.24) is 5.32 Å². The van der Waals surface area contributed by atoms with Crippen LogP contribution in [-0.4, -0.2) is 28.2 Å². The van der Waals surface area contributed by atoms with Crippen molar-refractivity contribution >= 4 is 17.6 Å². The molecule has 1 unspecified atom stereocenters. The van der Waals surface area contributed by atoms with E-state index >= 15 is 0 Å². The first-order valence-electron chi connectivity index (χ1n) is 8.09. The van der Waals surface area contributed by atoms with Gasteiger partial charge in [0.1, 0.15) is 0 Å². The summed E-state index contributed by atoms with van der Waals surface area (Å²) in [5.74, 6) is -1.95. The maximum Gasteiger partial charge on any atom is 0.328 e. The largest absolute Gasteiger partial charge is 0.478 e. The molecule has 4 rings (SSSR count). The third kappa shape index (κ3) is 3.55. The predicted octanol–water partition coefficient (Wildman–Crippen LogP) is 2.77. The lowest BCUT2D eigenvalue weighted by Gasteiger charge is -2.23. The first-order chi connectivity index (χ1) is 12.0. The van der Waals surface area contributed by atoms with Gasteiger partial charge in [0.05, 0.1) is 6.04 Å². The molecule has 128 valence electrons. The van der Waals surface area contributed by atoms with Crippen molar-refractivity contribution in [2.75, 3.05) is 0 Å². The van der Waals surface area contributed by atoms with E-state index in [1.807, 2.05) is 0 Å². The molecule has 0 aromatic heterocycles.